The molecule has 0 radical (unpaired) electrons. The quantitative estimate of drug-likeness (QED) is 0.641. The minimum atomic E-state index is -0.547. The van der Waals surface area contributed by atoms with E-state index >= 15 is 0 Å². The monoisotopic (exact) mass is 222 g/mol. The Bertz CT molecular complexity index is 318. The summed E-state index contributed by atoms with van der Waals surface area (Å²) in [6.45, 7) is 4.83. The normalized spacial score (nSPS) is 18.5. The first kappa shape index (κ1) is 11.0. The van der Waals surface area contributed by atoms with Gasteiger partial charge < -0.3 is 0 Å². The molecule has 1 aromatic rings. The van der Waals surface area contributed by atoms with Gasteiger partial charge in [0.1, 0.15) is 0 Å². The van der Waals surface area contributed by atoms with E-state index in [0.717, 1.165) is 5.54 Å². The van der Waals surface area contributed by atoms with Crippen molar-refractivity contribution in [3.8, 4) is 0 Å². The molecule has 1 aliphatic rings. The first-order valence-electron chi connectivity index (χ1n) is 4.56. The van der Waals surface area contributed by atoms with Gasteiger partial charge in [0.15, 0.2) is 0 Å². The molecular weight excluding hydrogens is 208 g/mol. The molecule has 1 unspecified atom stereocenters. The topological polar surface area (TPSA) is 0 Å². The van der Waals surface area contributed by atoms with Gasteiger partial charge >= 0.3 is 0 Å². The third-order valence-corrected chi connectivity index (χ3v) is 4.57. The molecule has 0 aromatic heterocycles. The zero-order valence-electron chi connectivity index (χ0n) is 8.12. The summed E-state index contributed by atoms with van der Waals surface area (Å²) in [6, 6.07) is 8.75. The van der Waals surface area contributed by atoms with Crippen molar-refractivity contribution in [3.05, 3.63) is 41.5 Å². The second-order valence-electron chi connectivity index (χ2n) is 3.76. The van der Waals surface area contributed by atoms with E-state index in [1.807, 2.05) is 0 Å². The molecule has 2 heteroatoms. The fourth-order valence-electron chi connectivity index (χ4n) is 1.86. The molecule has 0 heterocycles. The van der Waals surface area contributed by atoms with Crippen LogP contribution in [0.4, 0.5) is 0 Å². The molecule has 13 heavy (non-hydrogen) atoms. The third-order valence-electron chi connectivity index (χ3n) is 2.56. The van der Waals surface area contributed by atoms with E-state index in [9.17, 15) is 0 Å². The standard InChI is InChI=1S/C11H14Si.Ti/c1-12(2)11-8-7-9-5-3-4-6-10(9)11;/h3-8,11-12H,1-2H3;. The Morgan fingerprint density at radius 2 is 1.85 bits per heavy atom. The molecule has 0 N–H and O–H groups in total. The van der Waals surface area contributed by atoms with Crippen LogP contribution in [0.15, 0.2) is 30.3 Å². The van der Waals surface area contributed by atoms with Crippen LogP contribution in [0.2, 0.25) is 13.1 Å². The molecule has 0 saturated carbocycles. The average Bonchev–Trinajstić information content (AvgIpc) is 2.47. The zero-order valence-corrected chi connectivity index (χ0v) is 10.8. The Hall–Kier alpha value is -0.109. The van der Waals surface area contributed by atoms with Crippen LogP contribution in [-0.2, 0) is 21.7 Å². The van der Waals surface area contributed by atoms with E-state index in [2.05, 4.69) is 49.5 Å². The minimum Gasteiger partial charge on any atom is -0.0795 e. The summed E-state index contributed by atoms with van der Waals surface area (Å²) in [6.07, 6.45) is 4.65. The predicted molar refractivity (Wildman–Crippen MR) is 57.1 cm³/mol. The third kappa shape index (κ3) is 2.04. The zero-order chi connectivity index (χ0) is 8.55. The maximum Gasteiger partial charge on any atom is 0.0436 e. The van der Waals surface area contributed by atoms with Gasteiger partial charge in [-0.15, -0.1) is 0 Å². The molecule has 2 rings (SSSR count). The molecule has 0 amide bonds. The first-order chi connectivity index (χ1) is 5.79. The summed E-state index contributed by atoms with van der Waals surface area (Å²) in [7, 11) is -0.547. The van der Waals surface area contributed by atoms with Crippen LogP contribution >= 0.6 is 0 Å². The van der Waals surface area contributed by atoms with Gasteiger partial charge in [-0.2, -0.15) is 0 Å². The van der Waals surface area contributed by atoms with Crippen LogP contribution in [0.25, 0.3) is 6.08 Å². The van der Waals surface area contributed by atoms with E-state index in [1.54, 1.807) is 5.56 Å². The van der Waals surface area contributed by atoms with Crippen molar-refractivity contribution < 1.29 is 21.7 Å². The Morgan fingerprint density at radius 1 is 1.15 bits per heavy atom. The summed E-state index contributed by atoms with van der Waals surface area (Å²) in [5, 5.41) is 0. The average molecular weight is 222 g/mol. The van der Waals surface area contributed by atoms with Crippen molar-refractivity contribution in [1.29, 1.82) is 0 Å². The Balaban J connectivity index is 0.000000845. The van der Waals surface area contributed by atoms with Crippen LogP contribution < -0.4 is 0 Å². The number of benzene rings is 1. The van der Waals surface area contributed by atoms with Gasteiger partial charge in [-0.3, -0.25) is 0 Å². The summed E-state index contributed by atoms with van der Waals surface area (Å²) in [5.41, 5.74) is 3.77. The van der Waals surface area contributed by atoms with E-state index in [-0.39, 0.29) is 21.7 Å². The van der Waals surface area contributed by atoms with Gasteiger partial charge in [0.05, 0.1) is 0 Å². The Labute approximate surface area is 96.5 Å². The van der Waals surface area contributed by atoms with Crippen molar-refractivity contribution in [1.82, 2.24) is 0 Å². The number of allylic oxidation sites excluding steroid dienone is 1. The molecule has 1 aromatic carbocycles. The van der Waals surface area contributed by atoms with Crippen molar-refractivity contribution >= 4 is 14.9 Å². The molecule has 0 bridgehead atoms. The van der Waals surface area contributed by atoms with Gasteiger partial charge in [-0.05, 0) is 16.7 Å². The van der Waals surface area contributed by atoms with Crippen molar-refractivity contribution in [2.24, 2.45) is 0 Å². The molecule has 1 atom stereocenters. The minimum absolute atomic E-state index is 0. The van der Waals surface area contributed by atoms with Gasteiger partial charge in [0, 0.05) is 30.5 Å². The number of hydrogen-bond donors (Lipinski definition) is 0. The largest absolute Gasteiger partial charge is 0.0795 e. The molecule has 1 aliphatic carbocycles. The fourth-order valence-corrected chi connectivity index (χ4v) is 3.44. The predicted octanol–water partition coefficient (Wildman–Crippen LogP) is 2.82. The smallest absolute Gasteiger partial charge is 0.0436 e. The summed E-state index contributed by atoms with van der Waals surface area (Å²) in [5.74, 6) is 0. The van der Waals surface area contributed by atoms with Crippen LogP contribution in [0.1, 0.15) is 16.7 Å². The molecule has 0 aliphatic heterocycles. The first-order valence-corrected chi connectivity index (χ1v) is 7.54. The van der Waals surface area contributed by atoms with Gasteiger partial charge in [0.2, 0.25) is 0 Å². The van der Waals surface area contributed by atoms with Crippen molar-refractivity contribution in [2.45, 2.75) is 18.6 Å². The molecule has 0 fully saturated rings. The Morgan fingerprint density at radius 3 is 2.54 bits per heavy atom. The number of rotatable bonds is 1. The van der Waals surface area contributed by atoms with E-state index in [4.69, 9.17) is 0 Å². The molecule has 66 valence electrons. The molecule has 0 nitrogen and oxygen atoms in total. The molecular formula is C11H14SiTi. The van der Waals surface area contributed by atoms with Gasteiger partial charge in [-0.1, -0.05) is 49.5 Å². The van der Waals surface area contributed by atoms with Crippen LogP contribution in [0.3, 0.4) is 0 Å². The SMILES string of the molecule is C[SiH](C)C1C=Cc2ccccc21.[Ti]. The number of fused-ring (bicyclic) bond motifs is 1. The molecule has 0 saturated heterocycles. The Kier molecular flexibility index (Phi) is 3.72. The summed E-state index contributed by atoms with van der Waals surface area (Å²) in [4.78, 5) is 0. The maximum absolute atomic E-state index is 2.41. The molecule has 0 spiro atoms. The summed E-state index contributed by atoms with van der Waals surface area (Å²) < 4.78 is 0. The van der Waals surface area contributed by atoms with Crippen LogP contribution in [-0.4, -0.2) is 8.80 Å². The van der Waals surface area contributed by atoms with E-state index in [0.29, 0.717) is 0 Å². The number of hydrogen-bond acceptors (Lipinski definition) is 0. The van der Waals surface area contributed by atoms with E-state index in [1.165, 1.54) is 5.56 Å². The van der Waals surface area contributed by atoms with Crippen LogP contribution in [0.5, 0.6) is 0 Å². The summed E-state index contributed by atoms with van der Waals surface area (Å²) >= 11 is 0. The maximum atomic E-state index is 2.41. The van der Waals surface area contributed by atoms with Gasteiger partial charge in [-0.25, -0.2) is 0 Å². The second kappa shape index (κ2) is 4.41. The van der Waals surface area contributed by atoms with Crippen molar-refractivity contribution in [3.63, 3.8) is 0 Å². The van der Waals surface area contributed by atoms with Gasteiger partial charge in [0.25, 0.3) is 0 Å². The van der Waals surface area contributed by atoms with E-state index < -0.39 is 8.80 Å². The van der Waals surface area contributed by atoms with Crippen LogP contribution in [0, 0.1) is 0 Å². The fraction of sp³-hybridized carbons (Fsp3) is 0.273. The second-order valence-corrected chi connectivity index (χ2v) is 6.96. The van der Waals surface area contributed by atoms with Crippen molar-refractivity contribution in [2.75, 3.05) is 0 Å².